The van der Waals surface area contributed by atoms with E-state index in [2.05, 4.69) is 39.9 Å². The van der Waals surface area contributed by atoms with E-state index in [4.69, 9.17) is 21.5 Å². The molecule has 214 valence electrons. The molecule has 9 nitrogen and oxygen atoms in total. The molecular formula is C25H30ClF3N4O5S. The molecule has 0 atom stereocenters. The first-order valence-corrected chi connectivity index (χ1v) is 13.9. The van der Waals surface area contributed by atoms with Gasteiger partial charge in [0, 0.05) is 37.1 Å². The van der Waals surface area contributed by atoms with E-state index >= 15 is 0 Å². The number of carbonyl (C=O) groups excluding carboxylic acids is 1. The summed E-state index contributed by atoms with van der Waals surface area (Å²) >= 11 is 5.86. The number of carboxylic acids is 1. The second kappa shape index (κ2) is 14.8. The average Bonchev–Trinajstić information content (AvgIpc) is 3.42. The third-order valence-corrected chi connectivity index (χ3v) is 7.29. The number of aliphatic carboxylic acids is 1. The lowest BCUT2D eigenvalue weighted by molar-refractivity contribution is -0.192. The van der Waals surface area contributed by atoms with E-state index in [0.29, 0.717) is 31.0 Å². The van der Waals surface area contributed by atoms with Crippen molar-refractivity contribution < 1.29 is 36.3 Å². The van der Waals surface area contributed by atoms with Gasteiger partial charge < -0.3 is 20.6 Å². The van der Waals surface area contributed by atoms with Gasteiger partial charge in [-0.2, -0.15) is 13.2 Å². The molecule has 3 N–H and O–H groups in total. The van der Waals surface area contributed by atoms with Crippen LogP contribution in [0.1, 0.15) is 24.0 Å². The van der Waals surface area contributed by atoms with Crippen LogP contribution in [0.25, 0.3) is 0 Å². The second-order valence-electron chi connectivity index (χ2n) is 8.54. The van der Waals surface area contributed by atoms with Crippen molar-refractivity contribution in [1.29, 1.82) is 0 Å². The molecule has 1 aliphatic heterocycles. The van der Waals surface area contributed by atoms with Crippen LogP contribution in [0.2, 0.25) is 5.02 Å². The van der Waals surface area contributed by atoms with E-state index in [1.54, 1.807) is 24.1 Å². The topological polar surface area (TPSA) is 128 Å². The lowest BCUT2D eigenvalue weighted by atomic mass is 10.1. The first-order chi connectivity index (χ1) is 18.3. The van der Waals surface area contributed by atoms with E-state index in [1.165, 1.54) is 17.7 Å². The molecule has 0 saturated carbocycles. The number of hydrogen-bond acceptors (Lipinski definition) is 7. The van der Waals surface area contributed by atoms with Crippen LogP contribution in [-0.4, -0.2) is 81.4 Å². The molecule has 0 spiro atoms. The summed E-state index contributed by atoms with van der Waals surface area (Å²) in [5, 5.41) is 13.7. The van der Waals surface area contributed by atoms with Crippen LogP contribution >= 0.6 is 11.6 Å². The maximum Gasteiger partial charge on any atom is 0.490 e. The van der Waals surface area contributed by atoms with Crippen molar-refractivity contribution in [3.05, 3.63) is 64.7 Å². The van der Waals surface area contributed by atoms with Crippen molar-refractivity contribution in [1.82, 2.24) is 15.5 Å². The van der Waals surface area contributed by atoms with Gasteiger partial charge in [-0.1, -0.05) is 41.9 Å². The predicted octanol–water partition coefficient (Wildman–Crippen LogP) is 3.13. The molecule has 1 heterocycles. The van der Waals surface area contributed by atoms with Gasteiger partial charge in [0.2, 0.25) is 5.91 Å². The van der Waals surface area contributed by atoms with Crippen LogP contribution in [0.5, 0.6) is 0 Å². The zero-order valence-electron chi connectivity index (χ0n) is 21.2. The van der Waals surface area contributed by atoms with Crippen LogP contribution in [0, 0.1) is 0 Å². The zero-order valence-corrected chi connectivity index (χ0v) is 22.7. The van der Waals surface area contributed by atoms with Gasteiger partial charge in [-0.25, -0.2) is 13.2 Å². The SMILES string of the molecule is CN(CCc1ccc(C2=NCCN2)cc1)C(=O)CCCNCS(=O)(=O)c1cccc(Cl)c1.O=C(O)C(F)(F)F. The van der Waals surface area contributed by atoms with Gasteiger partial charge in [0.25, 0.3) is 0 Å². The molecule has 14 heteroatoms. The van der Waals surface area contributed by atoms with Crippen molar-refractivity contribution in [3.63, 3.8) is 0 Å². The lowest BCUT2D eigenvalue weighted by Gasteiger charge is -2.17. The molecular weight excluding hydrogens is 561 g/mol. The minimum atomic E-state index is -5.08. The van der Waals surface area contributed by atoms with Crippen molar-refractivity contribution in [2.75, 3.05) is 39.1 Å². The summed E-state index contributed by atoms with van der Waals surface area (Å²) < 4.78 is 56.3. The highest BCUT2D eigenvalue weighted by molar-refractivity contribution is 7.91. The molecule has 0 saturated heterocycles. The van der Waals surface area contributed by atoms with Gasteiger partial charge in [-0.3, -0.25) is 9.79 Å². The molecule has 0 aliphatic carbocycles. The second-order valence-corrected chi connectivity index (χ2v) is 11.0. The summed E-state index contributed by atoms with van der Waals surface area (Å²) in [5.41, 5.74) is 2.25. The fourth-order valence-corrected chi connectivity index (χ4v) is 4.77. The Morgan fingerprint density at radius 2 is 1.85 bits per heavy atom. The van der Waals surface area contributed by atoms with Crippen LogP contribution < -0.4 is 10.6 Å². The molecule has 1 amide bonds. The highest BCUT2D eigenvalue weighted by Crippen LogP contribution is 2.16. The summed E-state index contributed by atoms with van der Waals surface area (Å²) in [7, 11) is -1.65. The van der Waals surface area contributed by atoms with Gasteiger partial charge in [0.1, 0.15) is 11.7 Å². The third kappa shape index (κ3) is 11.2. The van der Waals surface area contributed by atoms with E-state index in [1.807, 2.05) is 0 Å². The predicted molar refractivity (Wildman–Crippen MR) is 142 cm³/mol. The van der Waals surface area contributed by atoms with E-state index < -0.39 is 22.0 Å². The molecule has 0 radical (unpaired) electrons. The highest BCUT2D eigenvalue weighted by Gasteiger charge is 2.38. The number of likely N-dealkylation sites (N-methyl/N-ethyl adjacent to an activating group) is 1. The molecule has 0 bridgehead atoms. The number of nitrogens with zero attached hydrogens (tertiary/aromatic N) is 2. The fourth-order valence-electron chi connectivity index (χ4n) is 3.35. The number of alkyl halides is 3. The Bertz CT molecular complexity index is 1260. The Kier molecular flexibility index (Phi) is 12.2. The summed E-state index contributed by atoms with van der Waals surface area (Å²) in [6, 6.07) is 14.4. The zero-order chi connectivity index (χ0) is 29.1. The summed E-state index contributed by atoms with van der Waals surface area (Å²) in [4.78, 5) is 27.6. The van der Waals surface area contributed by atoms with Gasteiger partial charge >= 0.3 is 12.1 Å². The summed E-state index contributed by atoms with van der Waals surface area (Å²) in [6.07, 6.45) is -3.37. The summed E-state index contributed by atoms with van der Waals surface area (Å²) in [5.74, 6) is -1.95. The number of carbonyl (C=O) groups is 2. The number of aliphatic imine (C=N–C) groups is 1. The van der Waals surface area contributed by atoms with Crippen molar-refractivity contribution in [3.8, 4) is 0 Å². The van der Waals surface area contributed by atoms with E-state index in [9.17, 15) is 26.4 Å². The van der Waals surface area contributed by atoms with E-state index in [-0.39, 0.29) is 16.7 Å². The van der Waals surface area contributed by atoms with Crippen molar-refractivity contribution >= 4 is 39.2 Å². The van der Waals surface area contributed by atoms with Crippen molar-refractivity contribution in [2.45, 2.75) is 30.3 Å². The smallest absolute Gasteiger partial charge is 0.475 e. The molecule has 0 aromatic heterocycles. The molecule has 2 aromatic carbocycles. The van der Waals surface area contributed by atoms with E-state index in [0.717, 1.165) is 30.9 Å². The third-order valence-electron chi connectivity index (χ3n) is 5.50. The molecule has 2 aromatic rings. The standard InChI is InChI=1S/C23H29ClN4O3S.C2HF3O2/c1-28(15-11-18-7-9-19(10-8-18)23-26-13-14-27-23)22(29)6-3-12-25-17-32(30,31)21-5-2-4-20(24)16-21;3-2(4,5)1(6)7/h2,4-5,7-10,16,25H,3,6,11-15,17H2,1H3,(H,26,27);(H,6,7). The number of amides is 1. The number of carboxylic acid groups (broad SMARTS) is 1. The number of nitrogens with one attached hydrogen (secondary N) is 2. The van der Waals surface area contributed by atoms with Crippen LogP contribution in [0.3, 0.4) is 0 Å². The van der Waals surface area contributed by atoms with Gasteiger partial charge in [-0.15, -0.1) is 0 Å². The quantitative estimate of drug-likeness (QED) is 0.343. The Balaban J connectivity index is 0.000000673. The monoisotopic (exact) mass is 590 g/mol. The van der Waals surface area contributed by atoms with Crippen LogP contribution in [0.4, 0.5) is 13.2 Å². The van der Waals surface area contributed by atoms with Gasteiger partial charge in [0.05, 0.1) is 11.4 Å². The molecule has 3 rings (SSSR count). The minimum absolute atomic E-state index is 0.0469. The Morgan fingerprint density at radius 3 is 2.41 bits per heavy atom. The number of sulfone groups is 1. The number of amidine groups is 1. The van der Waals surface area contributed by atoms with Crippen LogP contribution in [-0.2, 0) is 25.8 Å². The van der Waals surface area contributed by atoms with Crippen LogP contribution in [0.15, 0.2) is 58.4 Å². The first-order valence-electron chi connectivity index (χ1n) is 11.9. The maximum absolute atomic E-state index is 12.4. The minimum Gasteiger partial charge on any atom is -0.475 e. The molecule has 1 aliphatic rings. The number of hydrogen-bond donors (Lipinski definition) is 3. The largest absolute Gasteiger partial charge is 0.490 e. The Labute approximate surface area is 230 Å². The molecule has 39 heavy (non-hydrogen) atoms. The van der Waals surface area contributed by atoms with Gasteiger partial charge in [-0.05, 0) is 43.1 Å². The number of benzene rings is 2. The highest BCUT2D eigenvalue weighted by atomic mass is 35.5. The average molecular weight is 591 g/mol. The maximum atomic E-state index is 12.4. The Morgan fingerprint density at radius 1 is 1.18 bits per heavy atom. The summed E-state index contributed by atoms with van der Waals surface area (Å²) in [6.45, 7) is 2.78. The first kappa shape index (κ1) is 32.1. The molecule has 0 unspecified atom stereocenters. The fraction of sp³-hybridized carbons (Fsp3) is 0.400. The van der Waals surface area contributed by atoms with Crippen molar-refractivity contribution in [2.24, 2.45) is 4.99 Å². The lowest BCUT2D eigenvalue weighted by Crippen LogP contribution is -2.30. The van der Waals surface area contributed by atoms with Gasteiger partial charge in [0.15, 0.2) is 9.84 Å². The normalized spacial score (nSPS) is 13.1. The number of halogens is 4. The number of rotatable bonds is 11. The molecule has 0 fully saturated rings. The Hall–Kier alpha value is -3.16.